The van der Waals surface area contributed by atoms with Gasteiger partial charge in [0.15, 0.2) is 0 Å². The van der Waals surface area contributed by atoms with Crippen LogP contribution < -0.4 is 5.32 Å². The van der Waals surface area contributed by atoms with Gasteiger partial charge in [-0.05, 0) is 30.5 Å². The number of carbonyl (C=O) groups excluding carboxylic acids is 2. The molecule has 1 saturated heterocycles. The van der Waals surface area contributed by atoms with Crippen molar-refractivity contribution in [2.45, 2.75) is 19.3 Å². The van der Waals surface area contributed by atoms with E-state index in [-0.39, 0.29) is 11.8 Å². The number of hydrogen-bond acceptors (Lipinski definition) is 4. The predicted octanol–water partition coefficient (Wildman–Crippen LogP) is 4.23. The lowest BCUT2D eigenvalue weighted by atomic mass is 10.1. The highest BCUT2D eigenvalue weighted by molar-refractivity contribution is 7.13. The Balaban J connectivity index is 1.37. The molecule has 2 aromatic carbocycles. The minimum absolute atomic E-state index is 0.171. The number of carbonyl (C=O) groups is 2. The smallest absolute Gasteiger partial charge is 0.275 e. The van der Waals surface area contributed by atoms with E-state index in [9.17, 15) is 9.59 Å². The van der Waals surface area contributed by atoms with Gasteiger partial charge in [0.05, 0.1) is 6.42 Å². The van der Waals surface area contributed by atoms with Crippen molar-refractivity contribution in [1.29, 1.82) is 0 Å². The Morgan fingerprint density at radius 2 is 1.71 bits per heavy atom. The normalized spacial score (nSPS) is 13.5. The predicted molar refractivity (Wildman–Crippen MR) is 111 cm³/mol. The number of thiazole rings is 1. The fourth-order valence-corrected chi connectivity index (χ4v) is 4.05. The molecule has 3 aromatic rings. The third-order valence-corrected chi connectivity index (χ3v) is 5.67. The Morgan fingerprint density at radius 1 is 1.00 bits per heavy atom. The number of amides is 2. The molecule has 0 unspecified atom stereocenters. The second-order valence-electron chi connectivity index (χ2n) is 6.82. The van der Waals surface area contributed by atoms with E-state index >= 15 is 0 Å². The van der Waals surface area contributed by atoms with Crippen LogP contribution in [0, 0.1) is 0 Å². The fourth-order valence-electron chi connectivity index (χ4n) is 3.25. The molecule has 6 heteroatoms. The highest BCUT2D eigenvalue weighted by Crippen LogP contribution is 2.24. The molecule has 1 aliphatic rings. The third kappa shape index (κ3) is 4.28. The average molecular weight is 391 g/mol. The van der Waals surface area contributed by atoms with Crippen molar-refractivity contribution in [3.05, 3.63) is 71.2 Å². The molecule has 4 rings (SSSR count). The Kier molecular flexibility index (Phi) is 5.48. The van der Waals surface area contributed by atoms with Gasteiger partial charge in [-0.25, -0.2) is 4.98 Å². The Hall–Kier alpha value is -2.99. The number of nitrogens with one attached hydrogen (secondary N) is 1. The van der Waals surface area contributed by atoms with E-state index in [1.165, 1.54) is 11.3 Å². The van der Waals surface area contributed by atoms with Gasteiger partial charge in [-0.3, -0.25) is 9.59 Å². The Morgan fingerprint density at radius 3 is 2.43 bits per heavy atom. The molecular weight excluding hydrogens is 370 g/mol. The largest absolute Gasteiger partial charge is 0.342 e. The first-order chi connectivity index (χ1) is 13.7. The third-order valence-electron chi connectivity index (χ3n) is 4.78. The van der Waals surface area contributed by atoms with E-state index in [4.69, 9.17) is 0 Å². The van der Waals surface area contributed by atoms with Crippen LogP contribution in [0.1, 0.15) is 28.9 Å². The minimum Gasteiger partial charge on any atom is -0.342 e. The molecule has 2 heterocycles. The summed E-state index contributed by atoms with van der Waals surface area (Å²) in [5, 5.41) is 5.45. The molecule has 0 radical (unpaired) electrons. The van der Waals surface area contributed by atoms with Gasteiger partial charge < -0.3 is 10.2 Å². The highest BCUT2D eigenvalue weighted by Gasteiger charge is 2.18. The van der Waals surface area contributed by atoms with Gasteiger partial charge in [0, 0.05) is 29.7 Å². The summed E-state index contributed by atoms with van der Waals surface area (Å²) in [6.07, 6.45) is 2.60. The van der Waals surface area contributed by atoms with E-state index in [0.717, 1.165) is 42.1 Å². The number of nitrogens with zero attached hydrogens (tertiary/aromatic N) is 2. The molecule has 142 valence electrons. The summed E-state index contributed by atoms with van der Waals surface area (Å²) in [5.41, 5.74) is 3.04. The van der Waals surface area contributed by atoms with Crippen LogP contribution in [0.3, 0.4) is 0 Å². The molecule has 28 heavy (non-hydrogen) atoms. The van der Waals surface area contributed by atoms with Crippen molar-refractivity contribution in [2.75, 3.05) is 18.4 Å². The zero-order valence-electron chi connectivity index (χ0n) is 15.4. The summed E-state index contributed by atoms with van der Waals surface area (Å²) in [5.74, 6) is -0.0653. The summed E-state index contributed by atoms with van der Waals surface area (Å²) >= 11 is 1.45. The van der Waals surface area contributed by atoms with Crippen LogP contribution in [0.25, 0.3) is 10.6 Å². The molecule has 0 spiro atoms. The van der Waals surface area contributed by atoms with Gasteiger partial charge in [-0.1, -0.05) is 42.5 Å². The van der Waals surface area contributed by atoms with Crippen LogP contribution in [0.2, 0.25) is 0 Å². The van der Waals surface area contributed by atoms with Crippen molar-refractivity contribution in [1.82, 2.24) is 9.88 Å². The van der Waals surface area contributed by atoms with Crippen molar-refractivity contribution >= 4 is 28.8 Å². The fraction of sp³-hybridized carbons (Fsp3) is 0.227. The maximum absolute atomic E-state index is 12.5. The molecule has 1 aromatic heterocycles. The molecule has 1 aliphatic heterocycles. The zero-order valence-corrected chi connectivity index (χ0v) is 16.2. The first-order valence-corrected chi connectivity index (χ1v) is 10.3. The molecule has 2 amide bonds. The lowest BCUT2D eigenvalue weighted by Gasteiger charge is -2.15. The molecule has 5 nitrogen and oxygen atoms in total. The number of anilines is 1. The van der Waals surface area contributed by atoms with Crippen LogP contribution in [-0.2, 0) is 11.2 Å². The lowest BCUT2D eigenvalue weighted by molar-refractivity contribution is -0.129. The Bertz CT molecular complexity index is 961. The summed E-state index contributed by atoms with van der Waals surface area (Å²) in [6, 6.07) is 17.2. The maximum atomic E-state index is 12.5. The first-order valence-electron chi connectivity index (χ1n) is 9.38. The number of rotatable bonds is 5. The van der Waals surface area contributed by atoms with E-state index in [0.29, 0.717) is 17.8 Å². The second-order valence-corrected chi connectivity index (χ2v) is 7.68. The molecular formula is C22H21N3O2S. The summed E-state index contributed by atoms with van der Waals surface area (Å²) in [6.45, 7) is 1.73. The number of likely N-dealkylation sites (tertiary alicyclic amines) is 1. The standard InChI is InChI=1S/C22H21N3O2S/c26-20(25-12-4-5-13-25)14-16-8-10-18(11-9-16)23-21(27)19-15-28-22(24-19)17-6-2-1-3-7-17/h1-3,6-11,15H,4-5,12-14H2,(H,23,27). The lowest BCUT2D eigenvalue weighted by Crippen LogP contribution is -2.29. The number of benzene rings is 2. The number of hydrogen-bond donors (Lipinski definition) is 1. The second kappa shape index (κ2) is 8.35. The van der Waals surface area contributed by atoms with Crippen molar-refractivity contribution in [2.24, 2.45) is 0 Å². The van der Waals surface area contributed by atoms with E-state index in [1.807, 2.05) is 59.5 Å². The molecule has 0 aliphatic carbocycles. The minimum atomic E-state index is -0.237. The first kappa shape index (κ1) is 18.4. The van der Waals surface area contributed by atoms with E-state index in [1.54, 1.807) is 5.38 Å². The van der Waals surface area contributed by atoms with Crippen molar-refractivity contribution in [3.63, 3.8) is 0 Å². The van der Waals surface area contributed by atoms with Gasteiger partial charge in [0.25, 0.3) is 5.91 Å². The van der Waals surface area contributed by atoms with Crippen LogP contribution in [0.15, 0.2) is 60.0 Å². The van der Waals surface area contributed by atoms with Crippen molar-refractivity contribution in [3.8, 4) is 10.6 Å². The van der Waals surface area contributed by atoms with Gasteiger partial charge >= 0.3 is 0 Å². The monoisotopic (exact) mass is 391 g/mol. The molecule has 1 fully saturated rings. The summed E-state index contributed by atoms with van der Waals surface area (Å²) in [7, 11) is 0. The Labute approximate surface area is 168 Å². The number of aromatic nitrogens is 1. The van der Waals surface area contributed by atoms with Crippen LogP contribution in [-0.4, -0.2) is 34.8 Å². The molecule has 0 saturated carbocycles. The van der Waals surface area contributed by atoms with Crippen LogP contribution in [0.4, 0.5) is 5.69 Å². The molecule has 0 atom stereocenters. The van der Waals surface area contributed by atoms with E-state index < -0.39 is 0 Å². The SMILES string of the molecule is O=C(Nc1ccc(CC(=O)N2CCCC2)cc1)c1csc(-c2ccccc2)n1. The molecule has 1 N–H and O–H groups in total. The van der Waals surface area contributed by atoms with Gasteiger partial charge in [0.2, 0.25) is 5.91 Å². The van der Waals surface area contributed by atoms with Crippen molar-refractivity contribution < 1.29 is 9.59 Å². The summed E-state index contributed by atoms with van der Waals surface area (Å²) in [4.78, 5) is 31.1. The summed E-state index contributed by atoms with van der Waals surface area (Å²) < 4.78 is 0. The topological polar surface area (TPSA) is 62.3 Å². The van der Waals surface area contributed by atoms with Crippen LogP contribution >= 0.6 is 11.3 Å². The van der Waals surface area contributed by atoms with Gasteiger partial charge in [-0.15, -0.1) is 11.3 Å². The average Bonchev–Trinajstić information content (AvgIpc) is 3.42. The maximum Gasteiger partial charge on any atom is 0.275 e. The van der Waals surface area contributed by atoms with E-state index in [2.05, 4.69) is 10.3 Å². The van der Waals surface area contributed by atoms with Crippen LogP contribution in [0.5, 0.6) is 0 Å². The van der Waals surface area contributed by atoms with Gasteiger partial charge in [-0.2, -0.15) is 0 Å². The zero-order chi connectivity index (χ0) is 19.3. The quantitative estimate of drug-likeness (QED) is 0.708. The van der Waals surface area contributed by atoms with Gasteiger partial charge in [0.1, 0.15) is 10.7 Å². The molecule has 0 bridgehead atoms. The highest BCUT2D eigenvalue weighted by atomic mass is 32.1.